The number of para-hydroxylation sites is 2. The summed E-state index contributed by atoms with van der Waals surface area (Å²) in [5, 5.41) is 13.5. The summed E-state index contributed by atoms with van der Waals surface area (Å²) in [5.41, 5.74) is 0.575. The van der Waals surface area contributed by atoms with Gasteiger partial charge in [-0.15, -0.1) is 0 Å². The van der Waals surface area contributed by atoms with Crippen molar-refractivity contribution < 1.29 is 28.4 Å². The van der Waals surface area contributed by atoms with Gasteiger partial charge in [-0.05, 0) is 37.1 Å². The minimum absolute atomic E-state index is 0.0687. The van der Waals surface area contributed by atoms with Crippen molar-refractivity contribution in [2.45, 2.75) is 19.4 Å². The number of carbonyl (C=O) groups excluding carboxylic acids is 2. The zero-order valence-corrected chi connectivity index (χ0v) is 15.1. The van der Waals surface area contributed by atoms with Crippen molar-refractivity contribution in [3.63, 3.8) is 0 Å². The summed E-state index contributed by atoms with van der Waals surface area (Å²) < 4.78 is 22.9. The zero-order chi connectivity index (χ0) is 20.5. The average molecular weight is 390 g/mol. The Hall–Kier alpha value is -3.49. The third-order valence-electron chi connectivity index (χ3n) is 3.71. The van der Waals surface area contributed by atoms with Crippen molar-refractivity contribution in [3.05, 3.63) is 70.0 Å². The average Bonchev–Trinajstić information content (AvgIpc) is 2.68. The molecule has 0 saturated heterocycles. The van der Waals surface area contributed by atoms with Gasteiger partial charge in [0.25, 0.3) is 5.91 Å². The van der Waals surface area contributed by atoms with Crippen LogP contribution in [-0.2, 0) is 20.7 Å². The van der Waals surface area contributed by atoms with Crippen LogP contribution < -0.4 is 10.1 Å². The fourth-order valence-electron chi connectivity index (χ4n) is 2.28. The first kappa shape index (κ1) is 20.8. The number of nitro groups is 1. The maximum absolute atomic E-state index is 12.8. The van der Waals surface area contributed by atoms with Crippen molar-refractivity contribution in [2.75, 3.05) is 13.2 Å². The molecule has 2 aromatic carbocycles. The normalized spacial score (nSPS) is 11.4. The number of nitrogens with one attached hydrogen (secondary N) is 1. The molecule has 0 radical (unpaired) electrons. The number of nitro benzene ring substituents is 1. The lowest BCUT2D eigenvalue weighted by atomic mass is 10.1. The van der Waals surface area contributed by atoms with Gasteiger partial charge in [0, 0.05) is 12.6 Å². The molecule has 0 bridgehead atoms. The summed E-state index contributed by atoms with van der Waals surface area (Å²) in [6, 6.07) is 11.5. The van der Waals surface area contributed by atoms with Crippen LogP contribution in [0.15, 0.2) is 48.5 Å². The summed E-state index contributed by atoms with van der Waals surface area (Å²) in [6.45, 7) is 1.12. The minimum atomic E-state index is -1.06. The Balaban J connectivity index is 1.74. The lowest BCUT2D eigenvalue weighted by Crippen LogP contribution is -2.37. The van der Waals surface area contributed by atoms with Gasteiger partial charge >= 0.3 is 11.7 Å². The molecule has 9 heteroatoms. The summed E-state index contributed by atoms with van der Waals surface area (Å²) in [6.07, 6.45) is -0.567. The molecule has 0 unspecified atom stereocenters. The van der Waals surface area contributed by atoms with E-state index in [1.54, 1.807) is 12.1 Å². The second-order valence-corrected chi connectivity index (χ2v) is 5.81. The lowest BCUT2D eigenvalue weighted by Gasteiger charge is -2.14. The highest BCUT2D eigenvalue weighted by atomic mass is 19.1. The second kappa shape index (κ2) is 10.0. The number of benzene rings is 2. The van der Waals surface area contributed by atoms with Crippen LogP contribution in [0.3, 0.4) is 0 Å². The molecule has 0 aliphatic carbocycles. The van der Waals surface area contributed by atoms with Gasteiger partial charge in [0.15, 0.2) is 18.5 Å². The van der Waals surface area contributed by atoms with Crippen LogP contribution in [0.4, 0.5) is 10.1 Å². The number of esters is 1. The first-order chi connectivity index (χ1) is 13.4. The quantitative estimate of drug-likeness (QED) is 0.400. The van der Waals surface area contributed by atoms with E-state index < -0.39 is 29.5 Å². The molecule has 0 aliphatic rings. The van der Waals surface area contributed by atoms with Crippen LogP contribution in [-0.4, -0.2) is 36.1 Å². The number of carbonyl (C=O) groups is 2. The van der Waals surface area contributed by atoms with E-state index in [1.807, 2.05) is 0 Å². The van der Waals surface area contributed by atoms with Crippen LogP contribution >= 0.6 is 0 Å². The third kappa shape index (κ3) is 6.35. The molecular formula is C19H19FN2O6. The predicted octanol–water partition coefficient (Wildman–Crippen LogP) is 2.40. The number of nitrogens with zero attached hydrogens (tertiary/aromatic N) is 1. The number of halogens is 1. The molecule has 8 nitrogen and oxygen atoms in total. The maximum Gasteiger partial charge on any atom is 0.344 e. The van der Waals surface area contributed by atoms with Gasteiger partial charge in [-0.25, -0.2) is 9.18 Å². The number of amides is 1. The highest BCUT2D eigenvalue weighted by Gasteiger charge is 2.19. The van der Waals surface area contributed by atoms with E-state index in [2.05, 4.69) is 5.32 Å². The number of ether oxygens (including phenoxy) is 2. The maximum atomic E-state index is 12.8. The van der Waals surface area contributed by atoms with Crippen LogP contribution in [0.5, 0.6) is 5.75 Å². The third-order valence-corrected chi connectivity index (χ3v) is 3.71. The number of hydrogen-bond acceptors (Lipinski definition) is 6. The van der Waals surface area contributed by atoms with Gasteiger partial charge in [0.1, 0.15) is 5.82 Å². The van der Waals surface area contributed by atoms with E-state index in [0.717, 1.165) is 5.56 Å². The number of rotatable bonds is 9. The molecule has 0 heterocycles. The van der Waals surface area contributed by atoms with Crippen LogP contribution in [0.2, 0.25) is 0 Å². The van der Waals surface area contributed by atoms with Gasteiger partial charge in [0.2, 0.25) is 0 Å². The Bertz CT molecular complexity index is 841. The Morgan fingerprint density at radius 3 is 2.54 bits per heavy atom. The van der Waals surface area contributed by atoms with E-state index in [9.17, 15) is 24.1 Å². The molecule has 0 aromatic heterocycles. The Morgan fingerprint density at radius 1 is 1.18 bits per heavy atom. The molecular weight excluding hydrogens is 371 g/mol. The topological polar surface area (TPSA) is 108 Å². The molecule has 1 atom stereocenters. The first-order valence-corrected chi connectivity index (χ1v) is 8.44. The fraction of sp³-hybridized carbons (Fsp3) is 0.263. The van der Waals surface area contributed by atoms with Crippen LogP contribution in [0.25, 0.3) is 0 Å². The summed E-state index contributed by atoms with van der Waals surface area (Å²) in [5.74, 6) is -1.74. The monoisotopic (exact) mass is 390 g/mol. The van der Waals surface area contributed by atoms with E-state index in [1.165, 1.54) is 43.3 Å². The molecule has 0 spiro atoms. The highest BCUT2D eigenvalue weighted by Crippen LogP contribution is 2.25. The standard InChI is InChI=1S/C19H19FN2O6/c1-13(19(24)21-11-10-14-6-8-15(20)9-7-14)28-18(23)12-27-17-5-3-2-4-16(17)22(25)26/h2-9,13H,10-12H2,1H3,(H,21,24)/t13-/m1/s1. The van der Waals surface area contributed by atoms with Gasteiger partial charge in [-0.2, -0.15) is 0 Å². The first-order valence-electron chi connectivity index (χ1n) is 8.44. The smallest absolute Gasteiger partial charge is 0.344 e. The molecule has 2 rings (SSSR count). The molecule has 2 aromatic rings. The highest BCUT2D eigenvalue weighted by molar-refractivity contribution is 5.83. The summed E-state index contributed by atoms with van der Waals surface area (Å²) >= 11 is 0. The van der Waals surface area contributed by atoms with Gasteiger partial charge in [-0.3, -0.25) is 14.9 Å². The Labute approximate surface area is 160 Å². The molecule has 0 saturated carbocycles. The van der Waals surface area contributed by atoms with Crippen molar-refractivity contribution in [3.8, 4) is 5.75 Å². The van der Waals surface area contributed by atoms with Gasteiger partial charge in [-0.1, -0.05) is 24.3 Å². The van der Waals surface area contributed by atoms with E-state index in [-0.39, 0.29) is 17.3 Å². The summed E-state index contributed by atoms with van der Waals surface area (Å²) in [4.78, 5) is 34.0. The van der Waals surface area contributed by atoms with E-state index in [0.29, 0.717) is 13.0 Å². The zero-order valence-electron chi connectivity index (χ0n) is 15.1. The summed E-state index contributed by atoms with van der Waals surface area (Å²) in [7, 11) is 0. The largest absolute Gasteiger partial charge is 0.475 e. The molecule has 1 N–H and O–H groups in total. The minimum Gasteiger partial charge on any atom is -0.475 e. The fourth-order valence-corrected chi connectivity index (χ4v) is 2.28. The van der Waals surface area contributed by atoms with E-state index >= 15 is 0 Å². The molecule has 28 heavy (non-hydrogen) atoms. The van der Waals surface area contributed by atoms with Crippen LogP contribution in [0.1, 0.15) is 12.5 Å². The predicted molar refractivity (Wildman–Crippen MR) is 97.3 cm³/mol. The van der Waals surface area contributed by atoms with Crippen molar-refractivity contribution in [1.29, 1.82) is 0 Å². The Kier molecular flexibility index (Phi) is 7.44. The lowest BCUT2D eigenvalue weighted by molar-refractivity contribution is -0.385. The molecule has 1 amide bonds. The second-order valence-electron chi connectivity index (χ2n) is 5.81. The van der Waals surface area contributed by atoms with Crippen LogP contribution in [0, 0.1) is 15.9 Å². The van der Waals surface area contributed by atoms with E-state index in [4.69, 9.17) is 9.47 Å². The molecule has 148 valence electrons. The van der Waals surface area contributed by atoms with Gasteiger partial charge in [0.05, 0.1) is 4.92 Å². The number of hydrogen-bond donors (Lipinski definition) is 1. The van der Waals surface area contributed by atoms with Gasteiger partial charge < -0.3 is 14.8 Å². The molecule has 0 aliphatic heterocycles. The molecule has 0 fully saturated rings. The van der Waals surface area contributed by atoms with Crippen molar-refractivity contribution in [1.82, 2.24) is 5.32 Å². The Morgan fingerprint density at radius 2 is 1.86 bits per heavy atom. The SMILES string of the molecule is C[C@@H](OC(=O)COc1ccccc1[N+](=O)[O-])C(=O)NCCc1ccc(F)cc1. The van der Waals surface area contributed by atoms with Crippen molar-refractivity contribution >= 4 is 17.6 Å². The van der Waals surface area contributed by atoms with Crippen molar-refractivity contribution in [2.24, 2.45) is 0 Å².